The van der Waals surface area contributed by atoms with Gasteiger partial charge < -0.3 is 10.2 Å². The van der Waals surface area contributed by atoms with Gasteiger partial charge in [-0.15, -0.1) is 0 Å². The van der Waals surface area contributed by atoms with E-state index < -0.39 is 28.5 Å². The number of nitrogens with one attached hydrogen (secondary N) is 1. The predicted molar refractivity (Wildman–Crippen MR) is 168 cm³/mol. The zero-order valence-electron chi connectivity index (χ0n) is 24.3. The number of carbonyl (C=O) groups is 2. The molecule has 0 heterocycles. The molecule has 0 bridgehead atoms. The molecule has 0 spiro atoms. The number of carbonyl (C=O) groups excluding carboxylic acids is 2. The van der Waals surface area contributed by atoms with E-state index in [0.717, 1.165) is 35.6 Å². The lowest BCUT2D eigenvalue weighted by molar-refractivity contribution is -0.140. The van der Waals surface area contributed by atoms with E-state index in [-0.39, 0.29) is 23.4 Å². The van der Waals surface area contributed by atoms with Crippen LogP contribution in [0, 0.1) is 6.92 Å². The van der Waals surface area contributed by atoms with Crippen molar-refractivity contribution in [3.05, 3.63) is 95.0 Å². The molecule has 1 aliphatic rings. The number of halogens is 1. The highest BCUT2D eigenvalue weighted by atomic mass is 35.5. The summed E-state index contributed by atoms with van der Waals surface area (Å²) in [4.78, 5) is 29.5. The first kappa shape index (κ1) is 31.6. The van der Waals surface area contributed by atoms with E-state index in [1.54, 1.807) is 48.2 Å². The van der Waals surface area contributed by atoms with Gasteiger partial charge in [-0.25, -0.2) is 8.42 Å². The minimum absolute atomic E-state index is 0.0741. The summed E-state index contributed by atoms with van der Waals surface area (Å²) < 4.78 is 29.1. The highest BCUT2D eigenvalue weighted by Crippen LogP contribution is 2.29. The summed E-state index contributed by atoms with van der Waals surface area (Å²) in [6, 6.07) is 22.1. The van der Waals surface area contributed by atoms with Crippen LogP contribution in [0.5, 0.6) is 0 Å². The molecule has 1 aliphatic carbocycles. The summed E-state index contributed by atoms with van der Waals surface area (Å²) in [7, 11) is -4.12. The van der Waals surface area contributed by atoms with Crippen LogP contribution in [0.2, 0.25) is 5.02 Å². The largest absolute Gasteiger partial charge is 0.352 e. The monoisotopic (exact) mass is 609 g/mol. The van der Waals surface area contributed by atoms with Crippen LogP contribution < -0.4 is 9.62 Å². The van der Waals surface area contributed by atoms with Crippen LogP contribution in [0.1, 0.15) is 56.6 Å². The molecule has 3 aromatic carbocycles. The Balaban J connectivity index is 1.68. The number of nitrogens with zero attached hydrogens (tertiary/aromatic N) is 2. The molecule has 1 N–H and O–H groups in total. The fourth-order valence-electron chi connectivity index (χ4n) is 5.57. The second-order valence-electron chi connectivity index (χ2n) is 10.8. The molecule has 1 saturated carbocycles. The van der Waals surface area contributed by atoms with Gasteiger partial charge in [-0.05, 0) is 74.1 Å². The summed E-state index contributed by atoms with van der Waals surface area (Å²) in [6.45, 7) is 3.47. The molecule has 2 amide bonds. The van der Waals surface area contributed by atoms with Gasteiger partial charge in [-0.3, -0.25) is 13.9 Å². The van der Waals surface area contributed by atoms with Crippen molar-refractivity contribution in [1.29, 1.82) is 0 Å². The van der Waals surface area contributed by atoms with Crippen LogP contribution in [0.3, 0.4) is 0 Å². The molecule has 3 aromatic rings. The highest BCUT2D eigenvalue weighted by Gasteiger charge is 2.34. The molecule has 1 unspecified atom stereocenters. The van der Waals surface area contributed by atoms with Crippen molar-refractivity contribution in [1.82, 2.24) is 10.2 Å². The number of rotatable bonds is 12. The van der Waals surface area contributed by atoms with Crippen molar-refractivity contribution >= 4 is 39.1 Å². The lowest BCUT2D eigenvalue weighted by atomic mass is 9.95. The third-order valence-corrected chi connectivity index (χ3v) is 9.87. The van der Waals surface area contributed by atoms with E-state index >= 15 is 0 Å². The van der Waals surface area contributed by atoms with Crippen LogP contribution in [0.15, 0.2) is 83.8 Å². The Kier molecular flexibility index (Phi) is 11.0. The Morgan fingerprint density at radius 3 is 2.21 bits per heavy atom. The average Bonchev–Trinajstić information content (AvgIpc) is 2.99. The minimum Gasteiger partial charge on any atom is -0.352 e. The minimum atomic E-state index is -4.12. The molecular formula is C33H40ClN3O4S. The number of hydrogen-bond donors (Lipinski definition) is 1. The van der Waals surface area contributed by atoms with E-state index in [4.69, 9.17) is 11.6 Å². The van der Waals surface area contributed by atoms with E-state index in [2.05, 4.69) is 5.32 Å². The summed E-state index contributed by atoms with van der Waals surface area (Å²) >= 11 is 6.20. The van der Waals surface area contributed by atoms with Crippen molar-refractivity contribution in [2.24, 2.45) is 0 Å². The SMILES string of the molecule is CCC(C(=O)NC1CCCCC1)N(CCc1ccccc1)C(=O)CN(c1ccc(Cl)cc1C)S(=O)(=O)c1ccccc1. The van der Waals surface area contributed by atoms with Crippen molar-refractivity contribution < 1.29 is 18.0 Å². The molecule has 1 fully saturated rings. The molecule has 224 valence electrons. The Labute approximate surface area is 254 Å². The van der Waals surface area contributed by atoms with Crippen LogP contribution in [0.25, 0.3) is 0 Å². The molecule has 1 atom stereocenters. The fraction of sp³-hybridized carbons (Fsp3) is 0.394. The highest BCUT2D eigenvalue weighted by molar-refractivity contribution is 7.92. The molecule has 0 aromatic heterocycles. The van der Waals surface area contributed by atoms with Crippen LogP contribution in [0.4, 0.5) is 5.69 Å². The number of aryl methyl sites for hydroxylation is 1. The molecular weight excluding hydrogens is 570 g/mol. The lowest BCUT2D eigenvalue weighted by Gasteiger charge is -2.34. The van der Waals surface area contributed by atoms with Gasteiger partial charge >= 0.3 is 0 Å². The zero-order chi connectivity index (χ0) is 30.1. The number of benzene rings is 3. The first-order chi connectivity index (χ1) is 20.2. The summed E-state index contributed by atoms with van der Waals surface area (Å²) in [6.07, 6.45) is 6.12. The first-order valence-corrected chi connectivity index (χ1v) is 16.5. The van der Waals surface area contributed by atoms with Crippen LogP contribution in [-0.2, 0) is 26.0 Å². The van der Waals surface area contributed by atoms with E-state index in [0.29, 0.717) is 29.1 Å². The summed E-state index contributed by atoms with van der Waals surface area (Å²) in [5.74, 6) is -0.628. The van der Waals surface area contributed by atoms with E-state index in [1.165, 1.54) is 18.6 Å². The van der Waals surface area contributed by atoms with Gasteiger partial charge in [0, 0.05) is 17.6 Å². The maximum atomic E-state index is 14.2. The molecule has 0 aliphatic heterocycles. The van der Waals surface area contributed by atoms with Crippen molar-refractivity contribution in [2.75, 3.05) is 17.4 Å². The molecule has 9 heteroatoms. The maximum Gasteiger partial charge on any atom is 0.264 e. The van der Waals surface area contributed by atoms with Crippen LogP contribution in [-0.4, -0.2) is 50.3 Å². The molecule has 0 radical (unpaired) electrons. The topological polar surface area (TPSA) is 86.8 Å². The van der Waals surface area contributed by atoms with Gasteiger partial charge in [0.15, 0.2) is 0 Å². The van der Waals surface area contributed by atoms with Gasteiger partial charge in [0.25, 0.3) is 10.0 Å². The Morgan fingerprint density at radius 2 is 1.60 bits per heavy atom. The smallest absolute Gasteiger partial charge is 0.264 e. The molecule has 7 nitrogen and oxygen atoms in total. The number of anilines is 1. The first-order valence-electron chi connectivity index (χ1n) is 14.7. The van der Waals surface area contributed by atoms with Gasteiger partial charge in [0.2, 0.25) is 11.8 Å². The Morgan fingerprint density at radius 1 is 0.952 bits per heavy atom. The van der Waals surface area contributed by atoms with Gasteiger partial charge in [-0.2, -0.15) is 0 Å². The maximum absolute atomic E-state index is 14.2. The van der Waals surface area contributed by atoms with Gasteiger partial charge in [0.05, 0.1) is 10.6 Å². The second kappa shape index (κ2) is 14.7. The zero-order valence-corrected chi connectivity index (χ0v) is 25.9. The van der Waals surface area contributed by atoms with E-state index in [1.807, 2.05) is 37.3 Å². The molecule has 42 heavy (non-hydrogen) atoms. The Hall–Kier alpha value is -3.36. The normalized spacial score (nSPS) is 14.6. The Bertz CT molecular complexity index is 1440. The summed E-state index contributed by atoms with van der Waals surface area (Å²) in [5, 5.41) is 3.65. The number of hydrogen-bond acceptors (Lipinski definition) is 4. The number of sulfonamides is 1. The standard InChI is InChI=1S/C33H40ClN3O4S/c1-3-30(33(39)35-28-15-9-5-10-16-28)36(22-21-26-13-7-4-8-14-26)32(38)24-37(31-20-19-27(34)23-25(31)2)42(40,41)29-17-11-6-12-18-29/h4,6-8,11-14,17-20,23,28,30H,3,5,9-10,15-16,21-22,24H2,1-2H3,(H,35,39). The van der Waals surface area contributed by atoms with E-state index in [9.17, 15) is 18.0 Å². The average molecular weight is 610 g/mol. The third kappa shape index (κ3) is 7.92. The van der Waals surface area contributed by atoms with Crippen molar-refractivity contribution in [2.45, 2.75) is 75.8 Å². The fourth-order valence-corrected chi connectivity index (χ4v) is 7.30. The molecule has 4 rings (SSSR count). The van der Waals surface area contributed by atoms with Crippen LogP contribution >= 0.6 is 11.6 Å². The van der Waals surface area contributed by atoms with Crippen molar-refractivity contribution in [3.8, 4) is 0 Å². The second-order valence-corrected chi connectivity index (χ2v) is 13.1. The number of amides is 2. The quantitative estimate of drug-likeness (QED) is 0.267. The summed E-state index contributed by atoms with van der Waals surface area (Å²) in [5.41, 5.74) is 2.01. The van der Waals surface area contributed by atoms with Crippen molar-refractivity contribution in [3.63, 3.8) is 0 Å². The predicted octanol–water partition coefficient (Wildman–Crippen LogP) is 6.14. The van der Waals surface area contributed by atoms with Gasteiger partial charge in [-0.1, -0.05) is 86.3 Å². The lowest BCUT2D eigenvalue weighted by Crippen LogP contribution is -2.54. The molecule has 0 saturated heterocycles. The van der Waals surface area contributed by atoms with Gasteiger partial charge in [0.1, 0.15) is 12.6 Å². The third-order valence-electron chi connectivity index (χ3n) is 7.86.